The molecule has 0 aliphatic carbocycles. The zero-order chi connectivity index (χ0) is 14.7. The maximum absolute atomic E-state index is 5.64. The second kappa shape index (κ2) is 6.41. The first-order valence-electron chi connectivity index (χ1n) is 6.18. The highest BCUT2D eigenvalue weighted by Gasteiger charge is 2.10. The van der Waals surface area contributed by atoms with Gasteiger partial charge in [-0.05, 0) is 40.2 Å². The summed E-state index contributed by atoms with van der Waals surface area (Å²) >= 11 is 6.84. The highest BCUT2D eigenvalue weighted by atomic mass is 79.9. The van der Waals surface area contributed by atoms with E-state index in [9.17, 15) is 0 Å². The molecule has 0 saturated heterocycles. The Morgan fingerprint density at radius 2 is 1.90 bits per heavy atom. The Labute approximate surface area is 138 Å². The molecule has 2 aromatic carbocycles. The zero-order valence-corrected chi connectivity index (χ0v) is 14.0. The lowest BCUT2D eigenvalue weighted by Gasteiger charge is -2.04. The number of hydrogen-bond acceptors (Lipinski definition) is 4. The van der Waals surface area contributed by atoms with Gasteiger partial charge in [0.1, 0.15) is 5.75 Å². The van der Waals surface area contributed by atoms with Crippen LogP contribution < -0.4 is 4.74 Å². The third kappa shape index (κ3) is 3.51. The van der Waals surface area contributed by atoms with Crippen LogP contribution in [0.5, 0.6) is 5.75 Å². The maximum atomic E-state index is 5.64. The van der Waals surface area contributed by atoms with Crippen molar-refractivity contribution in [2.24, 2.45) is 0 Å². The fraction of sp³-hybridized carbons (Fsp3) is 0.0667. The number of aromatic nitrogens is 2. The molecule has 1 heterocycles. The third-order valence-corrected chi connectivity index (χ3v) is 3.89. The normalized spacial score (nSPS) is 10.6. The summed E-state index contributed by atoms with van der Waals surface area (Å²) in [6, 6.07) is 15.3. The number of rotatable bonds is 4. The van der Waals surface area contributed by atoms with Crippen LogP contribution in [0.4, 0.5) is 0 Å². The van der Waals surface area contributed by atoms with Crippen LogP contribution in [0.3, 0.4) is 0 Å². The molecular formula is C15H10Br2N2O2. The van der Waals surface area contributed by atoms with Gasteiger partial charge in [0.15, 0.2) is 6.61 Å². The highest BCUT2D eigenvalue weighted by molar-refractivity contribution is 9.10. The number of nitrogens with zero attached hydrogens (tertiary/aromatic N) is 2. The fourth-order valence-corrected chi connectivity index (χ4v) is 2.56. The van der Waals surface area contributed by atoms with Crippen LogP contribution in [0.1, 0.15) is 5.89 Å². The van der Waals surface area contributed by atoms with Crippen molar-refractivity contribution in [2.45, 2.75) is 6.61 Å². The fourth-order valence-electron chi connectivity index (χ4n) is 1.76. The topological polar surface area (TPSA) is 48.2 Å². The quantitative estimate of drug-likeness (QED) is 0.618. The number of benzene rings is 2. The lowest BCUT2D eigenvalue weighted by atomic mass is 10.2. The Morgan fingerprint density at radius 1 is 1.05 bits per heavy atom. The van der Waals surface area contributed by atoms with E-state index >= 15 is 0 Å². The van der Waals surface area contributed by atoms with Crippen molar-refractivity contribution in [1.82, 2.24) is 10.1 Å². The Bertz CT molecular complexity index is 759. The van der Waals surface area contributed by atoms with Gasteiger partial charge in [0.05, 0.1) is 4.47 Å². The summed E-state index contributed by atoms with van der Waals surface area (Å²) in [6.45, 7) is 0.226. The molecule has 1 aromatic heterocycles. The van der Waals surface area contributed by atoms with Crippen LogP contribution in [0.25, 0.3) is 11.4 Å². The lowest BCUT2D eigenvalue weighted by molar-refractivity contribution is 0.242. The van der Waals surface area contributed by atoms with Gasteiger partial charge in [0, 0.05) is 10.0 Å². The van der Waals surface area contributed by atoms with Gasteiger partial charge in [-0.3, -0.25) is 0 Å². The number of para-hydroxylation sites is 1. The van der Waals surface area contributed by atoms with Gasteiger partial charge in [0.25, 0.3) is 5.89 Å². The molecule has 0 N–H and O–H groups in total. The van der Waals surface area contributed by atoms with Crippen LogP contribution in [0, 0.1) is 0 Å². The first kappa shape index (κ1) is 14.3. The molecule has 0 fully saturated rings. The largest absolute Gasteiger partial charge is 0.483 e. The van der Waals surface area contributed by atoms with Crippen molar-refractivity contribution >= 4 is 31.9 Å². The Balaban J connectivity index is 1.72. The first-order chi connectivity index (χ1) is 10.2. The van der Waals surface area contributed by atoms with Gasteiger partial charge < -0.3 is 9.26 Å². The van der Waals surface area contributed by atoms with Crippen molar-refractivity contribution in [2.75, 3.05) is 0 Å². The van der Waals surface area contributed by atoms with Crippen LogP contribution in [-0.4, -0.2) is 10.1 Å². The summed E-state index contributed by atoms with van der Waals surface area (Å²) in [6.07, 6.45) is 0. The van der Waals surface area contributed by atoms with Gasteiger partial charge in [-0.25, -0.2) is 0 Å². The minimum atomic E-state index is 0.226. The number of hydrogen-bond donors (Lipinski definition) is 0. The second-order valence-corrected chi connectivity index (χ2v) is 6.01. The summed E-state index contributed by atoms with van der Waals surface area (Å²) in [5.41, 5.74) is 0.889. The molecule has 0 amide bonds. The molecule has 4 nitrogen and oxygen atoms in total. The summed E-state index contributed by atoms with van der Waals surface area (Å²) < 4.78 is 12.7. The molecule has 0 spiro atoms. The van der Waals surface area contributed by atoms with Gasteiger partial charge in [0.2, 0.25) is 5.82 Å². The summed E-state index contributed by atoms with van der Waals surface area (Å²) in [4.78, 5) is 4.33. The SMILES string of the molecule is Brc1cccc(-c2noc(COc3ccccc3Br)n2)c1. The Kier molecular flexibility index (Phi) is 4.36. The molecule has 6 heteroatoms. The minimum absolute atomic E-state index is 0.226. The van der Waals surface area contributed by atoms with E-state index in [1.165, 1.54) is 0 Å². The minimum Gasteiger partial charge on any atom is -0.483 e. The van der Waals surface area contributed by atoms with E-state index in [1.54, 1.807) is 0 Å². The van der Waals surface area contributed by atoms with E-state index in [4.69, 9.17) is 9.26 Å². The molecular weight excluding hydrogens is 400 g/mol. The van der Waals surface area contributed by atoms with Gasteiger partial charge >= 0.3 is 0 Å². The lowest BCUT2D eigenvalue weighted by Crippen LogP contribution is -1.96. The molecule has 0 atom stereocenters. The first-order valence-corrected chi connectivity index (χ1v) is 7.77. The number of ether oxygens (including phenoxy) is 1. The highest BCUT2D eigenvalue weighted by Crippen LogP contribution is 2.25. The molecule has 0 saturated carbocycles. The molecule has 21 heavy (non-hydrogen) atoms. The molecule has 3 aromatic rings. The third-order valence-electron chi connectivity index (χ3n) is 2.74. The summed E-state index contributed by atoms with van der Waals surface area (Å²) in [5, 5.41) is 3.96. The smallest absolute Gasteiger partial charge is 0.264 e. The monoisotopic (exact) mass is 408 g/mol. The van der Waals surface area contributed by atoms with Crippen LogP contribution >= 0.6 is 31.9 Å². The molecule has 0 unspecified atom stereocenters. The Morgan fingerprint density at radius 3 is 2.71 bits per heavy atom. The van der Waals surface area contributed by atoms with Crippen LogP contribution in [0.15, 0.2) is 62.0 Å². The summed E-state index contributed by atoms with van der Waals surface area (Å²) in [5.74, 6) is 1.71. The van der Waals surface area contributed by atoms with Gasteiger partial charge in [-0.2, -0.15) is 4.98 Å². The van der Waals surface area contributed by atoms with E-state index in [2.05, 4.69) is 42.0 Å². The van der Waals surface area contributed by atoms with E-state index in [0.29, 0.717) is 11.7 Å². The van der Waals surface area contributed by atoms with E-state index in [1.807, 2.05) is 48.5 Å². The number of halogens is 2. The van der Waals surface area contributed by atoms with E-state index < -0.39 is 0 Å². The van der Waals surface area contributed by atoms with Crippen molar-refractivity contribution < 1.29 is 9.26 Å². The van der Waals surface area contributed by atoms with Crippen molar-refractivity contribution in [3.8, 4) is 17.1 Å². The van der Waals surface area contributed by atoms with Gasteiger partial charge in [-0.1, -0.05) is 45.4 Å². The average molecular weight is 410 g/mol. The molecule has 3 rings (SSSR count). The van der Waals surface area contributed by atoms with Gasteiger partial charge in [-0.15, -0.1) is 0 Å². The molecule has 0 bridgehead atoms. The predicted molar refractivity (Wildman–Crippen MR) is 85.9 cm³/mol. The van der Waals surface area contributed by atoms with E-state index in [0.717, 1.165) is 20.3 Å². The van der Waals surface area contributed by atoms with Crippen molar-refractivity contribution in [3.63, 3.8) is 0 Å². The maximum Gasteiger partial charge on any atom is 0.264 e. The zero-order valence-electron chi connectivity index (χ0n) is 10.8. The van der Waals surface area contributed by atoms with Crippen LogP contribution in [-0.2, 0) is 6.61 Å². The van der Waals surface area contributed by atoms with E-state index in [-0.39, 0.29) is 6.61 Å². The predicted octanol–water partition coefficient (Wildman–Crippen LogP) is 4.84. The standard InChI is InChI=1S/C15H10Br2N2O2/c16-11-5-3-4-10(8-11)15-18-14(21-19-15)9-20-13-7-2-1-6-12(13)17/h1-8H,9H2. The summed E-state index contributed by atoms with van der Waals surface area (Å²) in [7, 11) is 0. The average Bonchev–Trinajstić information content (AvgIpc) is 2.95. The molecule has 0 aliphatic heterocycles. The molecule has 106 valence electrons. The van der Waals surface area contributed by atoms with Crippen molar-refractivity contribution in [3.05, 3.63) is 63.4 Å². The Hall–Kier alpha value is -1.66. The van der Waals surface area contributed by atoms with Crippen LogP contribution in [0.2, 0.25) is 0 Å². The second-order valence-electron chi connectivity index (χ2n) is 4.24. The molecule has 0 radical (unpaired) electrons. The molecule has 0 aliphatic rings. The van der Waals surface area contributed by atoms with Crippen molar-refractivity contribution in [1.29, 1.82) is 0 Å².